The van der Waals surface area contributed by atoms with Crippen molar-refractivity contribution in [2.24, 2.45) is 10.2 Å². The fraction of sp³-hybridized carbons (Fsp3) is 0. The predicted molar refractivity (Wildman–Crippen MR) is 127 cm³/mol. The minimum absolute atomic E-state index is 0.0119. The van der Waals surface area contributed by atoms with Gasteiger partial charge < -0.3 is 0 Å². The van der Waals surface area contributed by atoms with Crippen LogP contribution in [0.3, 0.4) is 0 Å². The first-order chi connectivity index (χ1) is 15.0. The number of nitro groups is 1. The van der Waals surface area contributed by atoms with E-state index in [-0.39, 0.29) is 10.0 Å². The van der Waals surface area contributed by atoms with Gasteiger partial charge in [-0.2, -0.15) is 10.2 Å². The fourth-order valence-electron chi connectivity index (χ4n) is 3.04. The van der Waals surface area contributed by atoms with Gasteiger partial charge >= 0.3 is 0 Å². The van der Waals surface area contributed by atoms with E-state index in [0.29, 0.717) is 22.8 Å². The van der Waals surface area contributed by atoms with Gasteiger partial charge in [-0.15, -0.1) is 17.7 Å². The zero-order chi connectivity index (χ0) is 21.8. The number of nitrogens with zero attached hydrogens (tertiary/aromatic N) is 5. The number of thiocarbonyl (C=S) groups is 1. The number of aromatic nitrogens is 2. The van der Waals surface area contributed by atoms with Gasteiger partial charge in [0, 0.05) is 23.3 Å². The third-order valence-corrected chi connectivity index (χ3v) is 4.82. The Balaban J connectivity index is 1.89. The molecule has 0 unspecified atom stereocenters. The van der Waals surface area contributed by atoms with Crippen molar-refractivity contribution in [1.82, 2.24) is 9.78 Å². The minimum Gasteiger partial charge on any atom is -0.258 e. The number of rotatable bonds is 5. The number of nitro benzene ring substituents is 1. The van der Waals surface area contributed by atoms with Gasteiger partial charge in [-0.25, -0.2) is 4.68 Å². The maximum absolute atomic E-state index is 10.9. The van der Waals surface area contributed by atoms with Gasteiger partial charge in [0.15, 0.2) is 4.32 Å². The molecule has 0 spiro atoms. The van der Waals surface area contributed by atoms with E-state index in [2.05, 4.69) is 28.0 Å². The highest BCUT2D eigenvalue weighted by molar-refractivity contribution is 8.11. The van der Waals surface area contributed by atoms with Gasteiger partial charge in [0.25, 0.3) is 5.69 Å². The molecule has 4 aromatic rings. The molecular formula is C22H15N5O2S2. The van der Waals surface area contributed by atoms with E-state index >= 15 is 0 Å². The van der Waals surface area contributed by atoms with E-state index in [1.807, 2.05) is 60.7 Å². The first-order valence-electron chi connectivity index (χ1n) is 9.18. The van der Waals surface area contributed by atoms with Crippen LogP contribution in [-0.4, -0.2) is 19.0 Å². The summed E-state index contributed by atoms with van der Waals surface area (Å²) in [7, 11) is 0. The van der Waals surface area contributed by atoms with Crippen LogP contribution in [0.2, 0.25) is 0 Å². The lowest BCUT2D eigenvalue weighted by Gasteiger charge is -2.05. The van der Waals surface area contributed by atoms with Crippen molar-refractivity contribution >= 4 is 46.2 Å². The average Bonchev–Trinajstić information content (AvgIpc) is 3.19. The fourth-order valence-corrected chi connectivity index (χ4v) is 3.31. The van der Waals surface area contributed by atoms with E-state index in [0.717, 1.165) is 11.1 Å². The highest BCUT2D eigenvalue weighted by Gasteiger charge is 2.22. The number of hydrogen-bond donors (Lipinski definition) is 1. The molecule has 0 aliphatic rings. The third-order valence-electron chi connectivity index (χ3n) is 4.46. The van der Waals surface area contributed by atoms with Crippen LogP contribution in [0.1, 0.15) is 0 Å². The molecule has 9 heteroatoms. The molecule has 0 saturated heterocycles. The molecule has 0 atom stereocenters. The van der Waals surface area contributed by atoms with Crippen molar-refractivity contribution in [3.05, 3.63) is 95.0 Å². The zero-order valence-corrected chi connectivity index (χ0v) is 17.7. The summed E-state index contributed by atoms with van der Waals surface area (Å²) in [6.45, 7) is 0. The average molecular weight is 446 g/mol. The largest absolute Gasteiger partial charge is 0.269 e. The van der Waals surface area contributed by atoms with Crippen LogP contribution in [0, 0.1) is 10.1 Å². The van der Waals surface area contributed by atoms with Crippen LogP contribution in [-0.2, 0) is 0 Å². The molecule has 0 aliphatic heterocycles. The van der Waals surface area contributed by atoms with Gasteiger partial charge in [0.05, 0.1) is 10.6 Å². The second-order valence-electron chi connectivity index (χ2n) is 6.45. The van der Waals surface area contributed by atoms with Crippen molar-refractivity contribution < 1.29 is 4.92 Å². The summed E-state index contributed by atoms with van der Waals surface area (Å²) >= 11 is 9.66. The molecule has 152 valence electrons. The molecular weight excluding hydrogens is 430 g/mol. The second-order valence-corrected chi connectivity index (χ2v) is 7.56. The molecule has 0 radical (unpaired) electrons. The summed E-state index contributed by atoms with van der Waals surface area (Å²) < 4.78 is 1.83. The van der Waals surface area contributed by atoms with Crippen molar-refractivity contribution in [1.29, 1.82) is 0 Å². The van der Waals surface area contributed by atoms with Gasteiger partial charge in [-0.05, 0) is 12.1 Å². The van der Waals surface area contributed by atoms with Crippen molar-refractivity contribution in [3.63, 3.8) is 0 Å². The molecule has 0 fully saturated rings. The molecule has 4 rings (SSSR count). The van der Waals surface area contributed by atoms with Crippen molar-refractivity contribution in [3.8, 4) is 22.5 Å². The molecule has 0 N–H and O–H groups in total. The quantitative estimate of drug-likeness (QED) is 0.123. The van der Waals surface area contributed by atoms with Crippen LogP contribution in [0.15, 0.2) is 95.2 Å². The van der Waals surface area contributed by atoms with E-state index in [1.54, 1.807) is 16.8 Å². The van der Waals surface area contributed by atoms with Gasteiger partial charge in [-0.1, -0.05) is 72.9 Å². The topological polar surface area (TPSA) is 85.7 Å². The summed E-state index contributed by atoms with van der Waals surface area (Å²) in [5, 5.41) is 24.3. The first-order valence-corrected chi connectivity index (χ1v) is 10.0. The number of benzene rings is 3. The molecule has 1 heterocycles. The summed E-state index contributed by atoms with van der Waals surface area (Å²) in [4.78, 5) is 10.4. The number of hydrogen-bond acceptors (Lipinski definition) is 6. The number of non-ortho nitro benzene ring substituents is 1. The third kappa shape index (κ3) is 4.42. The molecule has 0 amide bonds. The summed E-state index contributed by atoms with van der Waals surface area (Å²) in [5.74, 6) is 0. The van der Waals surface area contributed by atoms with Crippen molar-refractivity contribution in [2.75, 3.05) is 0 Å². The number of azo groups is 1. The van der Waals surface area contributed by atoms with E-state index < -0.39 is 4.92 Å². The highest BCUT2D eigenvalue weighted by Crippen LogP contribution is 2.40. The van der Waals surface area contributed by atoms with E-state index in [9.17, 15) is 10.1 Å². The van der Waals surface area contributed by atoms with Crippen molar-refractivity contribution in [2.45, 2.75) is 0 Å². The van der Waals surface area contributed by atoms with Gasteiger partial charge in [-0.3, -0.25) is 10.1 Å². The Kier molecular flexibility index (Phi) is 5.96. The van der Waals surface area contributed by atoms with Crippen LogP contribution >= 0.6 is 24.8 Å². The van der Waals surface area contributed by atoms with Crippen LogP contribution < -0.4 is 0 Å². The lowest BCUT2D eigenvalue weighted by atomic mass is 10.1. The Bertz CT molecular complexity index is 1270. The Morgan fingerprint density at radius 3 is 2.03 bits per heavy atom. The van der Waals surface area contributed by atoms with Gasteiger partial charge in [0.2, 0.25) is 0 Å². The smallest absolute Gasteiger partial charge is 0.258 e. The van der Waals surface area contributed by atoms with Crippen LogP contribution in [0.25, 0.3) is 22.5 Å². The number of thiol groups is 1. The Morgan fingerprint density at radius 1 is 0.903 bits per heavy atom. The molecule has 0 bridgehead atoms. The summed E-state index contributed by atoms with van der Waals surface area (Å²) in [6, 6.07) is 25.0. The highest BCUT2D eigenvalue weighted by atomic mass is 32.1. The minimum atomic E-state index is -0.459. The molecule has 7 nitrogen and oxygen atoms in total. The standard InChI is InChI=1S/C22H15N5O2S2/c28-27(29)18-13-11-17(12-14-18)23-24-20-19(15-7-3-1-4-8-15)25-26(22(30)31)21(20)16-9-5-2-6-10-16/h1-14H,(H,30,31). The maximum Gasteiger partial charge on any atom is 0.269 e. The lowest BCUT2D eigenvalue weighted by molar-refractivity contribution is -0.384. The Hall–Kier alpha value is -3.69. The molecule has 0 saturated carbocycles. The lowest BCUT2D eigenvalue weighted by Crippen LogP contribution is -2.05. The summed E-state index contributed by atoms with van der Waals surface area (Å²) in [5.41, 5.74) is 3.94. The Labute approximate surface area is 188 Å². The predicted octanol–water partition coefficient (Wildman–Crippen LogP) is 6.60. The first kappa shape index (κ1) is 20.6. The summed E-state index contributed by atoms with van der Waals surface area (Å²) in [6.07, 6.45) is 0. The normalized spacial score (nSPS) is 11.0. The molecule has 31 heavy (non-hydrogen) atoms. The molecule has 0 aliphatic carbocycles. The zero-order valence-electron chi connectivity index (χ0n) is 16.0. The molecule has 3 aromatic carbocycles. The van der Waals surface area contributed by atoms with Crippen LogP contribution in [0.5, 0.6) is 0 Å². The Morgan fingerprint density at radius 2 is 1.48 bits per heavy atom. The van der Waals surface area contributed by atoms with E-state index in [4.69, 9.17) is 12.2 Å². The maximum atomic E-state index is 10.9. The van der Waals surface area contributed by atoms with Gasteiger partial charge in [0.1, 0.15) is 17.1 Å². The monoisotopic (exact) mass is 445 g/mol. The van der Waals surface area contributed by atoms with E-state index in [1.165, 1.54) is 12.1 Å². The molecule has 1 aromatic heterocycles. The second kappa shape index (κ2) is 8.99. The van der Waals surface area contributed by atoms with Crippen LogP contribution in [0.4, 0.5) is 17.1 Å². The SMILES string of the molecule is O=[N+]([O-])c1ccc(N=Nc2c(-c3ccccc3)nn(C(=S)S)c2-c2ccccc2)cc1.